The Balaban J connectivity index is 2.03. The number of hydrogen-bond donors (Lipinski definition) is 1. The number of aromatic nitrogens is 3. The standard InChI is InChI=1S/C20H28N4O2/c1-5-9-24(14-17(25)16-7-6-8-21-13-16)18(26)10-15-11-22-19(23-12-15)20(2,3)4/h6-8,11-13,17,25H,5,9-10,14H2,1-4H3. The van der Waals surface area contributed by atoms with Crippen LogP contribution in [0.5, 0.6) is 0 Å². The average molecular weight is 356 g/mol. The molecule has 2 heterocycles. The zero-order chi connectivity index (χ0) is 19.2. The molecule has 1 amide bonds. The lowest BCUT2D eigenvalue weighted by atomic mass is 9.96. The van der Waals surface area contributed by atoms with Crippen LogP contribution in [0.25, 0.3) is 0 Å². The van der Waals surface area contributed by atoms with Crippen LogP contribution in [0.2, 0.25) is 0 Å². The van der Waals surface area contributed by atoms with Crippen LogP contribution in [0.15, 0.2) is 36.9 Å². The quantitative estimate of drug-likeness (QED) is 0.825. The van der Waals surface area contributed by atoms with Gasteiger partial charge < -0.3 is 10.0 Å². The van der Waals surface area contributed by atoms with E-state index < -0.39 is 6.10 Å². The van der Waals surface area contributed by atoms with Gasteiger partial charge >= 0.3 is 0 Å². The molecule has 0 aliphatic carbocycles. The van der Waals surface area contributed by atoms with Gasteiger partial charge in [-0.15, -0.1) is 0 Å². The summed E-state index contributed by atoms with van der Waals surface area (Å²) in [6.07, 6.45) is 7.01. The first-order chi connectivity index (χ1) is 12.3. The minimum Gasteiger partial charge on any atom is -0.386 e. The second kappa shape index (κ2) is 8.85. The lowest BCUT2D eigenvalue weighted by Crippen LogP contribution is -2.36. The van der Waals surface area contributed by atoms with Gasteiger partial charge in [0.25, 0.3) is 0 Å². The van der Waals surface area contributed by atoms with E-state index in [2.05, 4.69) is 35.7 Å². The lowest BCUT2D eigenvalue weighted by molar-refractivity contribution is -0.132. The van der Waals surface area contributed by atoms with E-state index in [0.29, 0.717) is 12.1 Å². The van der Waals surface area contributed by atoms with Crippen LogP contribution in [-0.4, -0.2) is 44.0 Å². The van der Waals surface area contributed by atoms with Crippen molar-refractivity contribution in [3.05, 3.63) is 53.9 Å². The maximum Gasteiger partial charge on any atom is 0.227 e. The zero-order valence-corrected chi connectivity index (χ0v) is 16.0. The summed E-state index contributed by atoms with van der Waals surface area (Å²) in [4.78, 5) is 27.2. The Bertz CT molecular complexity index is 696. The molecule has 26 heavy (non-hydrogen) atoms. The second-order valence-corrected chi connectivity index (χ2v) is 7.48. The molecule has 0 saturated heterocycles. The van der Waals surface area contributed by atoms with E-state index in [0.717, 1.165) is 17.8 Å². The highest BCUT2D eigenvalue weighted by Crippen LogP contribution is 2.18. The Morgan fingerprint density at radius 2 is 1.92 bits per heavy atom. The van der Waals surface area contributed by atoms with Gasteiger partial charge in [-0.25, -0.2) is 9.97 Å². The molecule has 140 valence electrons. The Morgan fingerprint density at radius 1 is 1.23 bits per heavy atom. The third-order valence-corrected chi connectivity index (χ3v) is 4.04. The molecule has 2 aromatic heterocycles. The fraction of sp³-hybridized carbons (Fsp3) is 0.500. The SMILES string of the molecule is CCCN(CC(O)c1cccnc1)C(=O)Cc1cnc(C(C)(C)C)nc1. The topological polar surface area (TPSA) is 79.2 Å². The van der Waals surface area contributed by atoms with Crippen LogP contribution >= 0.6 is 0 Å². The summed E-state index contributed by atoms with van der Waals surface area (Å²) < 4.78 is 0. The molecule has 0 radical (unpaired) electrons. The molecule has 1 N–H and O–H groups in total. The van der Waals surface area contributed by atoms with Crippen LogP contribution in [0.1, 0.15) is 57.2 Å². The molecular formula is C20H28N4O2. The molecule has 0 aliphatic heterocycles. The fourth-order valence-corrected chi connectivity index (χ4v) is 2.59. The van der Waals surface area contributed by atoms with E-state index >= 15 is 0 Å². The van der Waals surface area contributed by atoms with Crippen LogP contribution in [0, 0.1) is 0 Å². The van der Waals surface area contributed by atoms with Crippen LogP contribution in [0.3, 0.4) is 0 Å². The Kier molecular flexibility index (Phi) is 6.80. The summed E-state index contributed by atoms with van der Waals surface area (Å²) in [5.74, 6) is 0.716. The fourth-order valence-electron chi connectivity index (χ4n) is 2.59. The molecule has 6 heteroatoms. The minimum atomic E-state index is -0.751. The maximum absolute atomic E-state index is 12.7. The van der Waals surface area contributed by atoms with Crippen molar-refractivity contribution in [2.45, 2.75) is 52.1 Å². The predicted octanol–water partition coefficient (Wildman–Crippen LogP) is 2.68. The largest absolute Gasteiger partial charge is 0.386 e. The van der Waals surface area contributed by atoms with Gasteiger partial charge in [-0.05, 0) is 18.1 Å². The summed E-state index contributed by atoms with van der Waals surface area (Å²) in [6.45, 7) is 9.01. The molecule has 1 atom stereocenters. The highest BCUT2D eigenvalue weighted by molar-refractivity contribution is 5.78. The van der Waals surface area contributed by atoms with E-state index in [1.807, 2.05) is 13.0 Å². The van der Waals surface area contributed by atoms with Crippen molar-refractivity contribution in [2.75, 3.05) is 13.1 Å². The summed E-state index contributed by atoms with van der Waals surface area (Å²) in [5, 5.41) is 10.4. The van der Waals surface area contributed by atoms with Crippen LogP contribution in [-0.2, 0) is 16.6 Å². The Morgan fingerprint density at radius 3 is 2.46 bits per heavy atom. The number of aliphatic hydroxyl groups is 1. The summed E-state index contributed by atoms with van der Waals surface area (Å²) >= 11 is 0. The van der Waals surface area contributed by atoms with Gasteiger partial charge in [0.05, 0.1) is 19.1 Å². The van der Waals surface area contributed by atoms with Gasteiger partial charge in [0.15, 0.2) is 0 Å². The van der Waals surface area contributed by atoms with E-state index in [1.54, 1.807) is 35.8 Å². The third kappa shape index (κ3) is 5.59. The molecule has 0 aromatic carbocycles. The van der Waals surface area contributed by atoms with E-state index in [9.17, 15) is 9.90 Å². The van der Waals surface area contributed by atoms with Gasteiger partial charge in [-0.2, -0.15) is 0 Å². The van der Waals surface area contributed by atoms with Crippen molar-refractivity contribution in [1.82, 2.24) is 19.9 Å². The molecule has 0 bridgehead atoms. The maximum atomic E-state index is 12.7. The second-order valence-electron chi connectivity index (χ2n) is 7.48. The van der Waals surface area contributed by atoms with E-state index in [1.165, 1.54) is 0 Å². The number of carbonyl (C=O) groups excluding carboxylic acids is 1. The predicted molar refractivity (Wildman–Crippen MR) is 101 cm³/mol. The van der Waals surface area contributed by atoms with Crippen LogP contribution < -0.4 is 0 Å². The van der Waals surface area contributed by atoms with Crippen molar-refractivity contribution in [3.8, 4) is 0 Å². The van der Waals surface area contributed by atoms with Gasteiger partial charge in [0.2, 0.25) is 5.91 Å². The molecule has 0 fully saturated rings. The molecule has 6 nitrogen and oxygen atoms in total. The molecule has 1 unspecified atom stereocenters. The molecule has 0 aliphatic rings. The number of carbonyl (C=O) groups is 1. The molecular weight excluding hydrogens is 328 g/mol. The summed E-state index contributed by atoms with van der Waals surface area (Å²) in [5.41, 5.74) is 1.36. The van der Waals surface area contributed by atoms with Crippen molar-refractivity contribution in [3.63, 3.8) is 0 Å². The van der Waals surface area contributed by atoms with Gasteiger partial charge in [0, 0.05) is 42.3 Å². The van der Waals surface area contributed by atoms with Gasteiger partial charge in [0.1, 0.15) is 5.82 Å². The molecule has 0 saturated carbocycles. The van der Waals surface area contributed by atoms with Crippen molar-refractivity contribution < 1.29 is 9.90 Å². The number of rotatable bonds is 7. The highest BCUT2D eigenvalue weighted by Gasteiger charge is 2.20. The molecule has 0 spiro atoms. The number of aliphatic hydroxyl groups excluding tert-OH is 1. The number of nitrogens with zero attached hydrogens (tertiary/aromatic N) is 4. The Labute approximate surface area is 155 Å². The normalized spacial score (nSPS) is 12.7. The van der Waals surface area contributed by atoms with Gasteiger partial charge in [-0.3, -0.25) is 9.78 Å². The average Bonchev–Trinajstić information content (AvgIpc) is 2.61. The lowest BCUT2D eigenvalue weighted by Gasteiger charge is -2.25. The van der Waals surface area contributed by atoms with Gasteiger partial charge in [-0.1, -0.05) is 33.8 Å². The zero-order valence-electron chi connectivity index (χ0n) is 16.0. The van der Waals surface area contributed by atoms with Crippen molar-refractivity contribution in [1.29, 1.82) is 0 Å². The first kappa shape index (κ1) is 20.0. The Hall–Kier alpha value is -2.34. The van der Waals surface area contributed by atoms with E-state index in [4.69, 9.17) is 0 Å². The monoisotopic (exact) mass is 356 g/mol. The number of hydrogen-bond acceptors (Lipinski definition) is 5. The molecule has 2 aromatic rings. The molecule has 2 rings (SSSR count). The van der Waals surface area contributed by atoms with Crippen molar-refractivity contribution >= 4 is 5.91 Å². The third-order valence-electron chi connectivity index (χ3n) is 4.04. The van der Waals surface area contributed by atoms with E-state index in [-0.39, 0.29) is 24.3 Å². The first-order valence-corrected chi connectivity index (χ1v) is 8.98. The number of amides is 1. The minimum absolute atomic E-state index is 0.0399. The summed E-state index contributed by atoms with van der Waals surface area (Å²) in [7, 11) is 0. The summed E-state index contributed by atoms with van der Waals surface area (Å²) in [6, 6.07) is 3.59. The first-order valence-electron chi connectivity index (χ1n) is 8.98. The van der Waals surface area contributed by atoms with Crippen LogP contribution in [0.4, 0.5) is 0 Å². The van der Waals surface area contributed by atoms with Crippen molar-refractivity contribution in [2.24, 2.45) is 0 Å². The highest BCUT2D eigenvalue weighted by atomic mass is 16.3. The number of pyridine rings is 1. The smallest absolute Gasteiger partial charge is 0.227 e.